The number of rotatable bonds is 14. The van der Waals surface area contributed by atoms with Gasteiger partial charge in [-0.2, -0.15) is 0 Å². The lowest BCUT2D eigenvalue weighted by atomic mass is 9.62. The molecule has 9 nitrogen and oxygen atoms in total. The third kappa shape index (κ3) is 5.72. The average Bonchev–Trinajstić information content (AvgIpc) is 3.54. The van der Waals surface area contributed by atoms with Crippen LogP contribution in [0.25, 0.3) is 0 Å². The number of ether oxygens (including phenoxy) is 1. The highest BCUT2D eigenvalue weighted by Gasteiger charge is 2.79. The number of amides is 3. The first-order chi connectivity index (χ1) is 21.2. The van der Waals surface area contributed by atoms with E-state index in [0.717, 1.165) is 37.2 Å². The molecular weight excluding hydrogens is 556 g/mol. The Morgan fingerprint density at radius 2 is 1.68 bits per heavy atom. The van der Waals surface area contributed by atoms with Gasteiger partial charge in [0.2, 0.25) is 17.7 Å². The van der Waals surface area contributed by atoms with Gasteiger partial charge in [-0.25, -0.2) is 0 Å². The fourth-order valence-electron chi connectivity index (χ4n) is 7.88. The molecule has 5 rings (SSSR count). The molecule has 2 bridgehead atoms. The van der Waals surface area contributed by atoms with Gasteiger partial charge in [0.05, 0.1) is 17.4 Å². The fraction of sp³-hybridized carbons (Fsp3) is 0.571. The molecule has 3 unspecified atom stereocenters. The number of carbonyl (C=O) groups excluding carboxylic acids is 3. The number of anilines is 2. The van der Waals surface area contributed by atoms with Crippen molar-refractivity contribution in [3.05, 3.63) is 60.2 Å². The summed E-state index contributed by atoms with van der Waals surface area (Å²) in [5.41, 5.74) is 0.764. The zero-order valence-corrected chi connectivity index (χ0v) is 26.6. The molecule has 2 aromatic carbocycles. The summed E-state index contributed by atoms with van der Waals surface area (Å²) in [5.74, 6) is -2.14. The van der Waals surface area contributed by atoms with Gasteiger partial charge < -0.3 is 30.3 Å². The topological polar surface area (TPSA) is 111 Å². The quantitative estimate of drug-likeness (QED) is 0.277. The number of nitrogens with zero attached hydrogens (tertiary/aromatic N) is 2. The zero-order chi connectivity index (χ0) is 31.5. The molecule has 3 fully saturated rings. The minimum Gasteiger partial charge on any atom is -0.396 e. The van der Waals surface area contributed by atoms with Crippen LogP contribution in [0.2, 0.25) is 0 Å². The summed E-state index contributed by atoms with van der Waals surface area (Å²) < 4.78 is 6.84. The number of hydrogen-bond acceptors (Lipinski definition) is 6. The van der Waals surface area contributed by atoms with Gasteiger partial charge >= 0.3 is 0 Å². The molecule has 0 radical (unpaired) electrons. The van der Waals surface area contributed by atoms with E-state index < -0.39 is 29.1 Å². The van der Waals surface area contributed by atoms with E-state index in [-0.39, 0.29) is 30.2 Å². The Morgan fingerprint density at radius 3 is 2.34 bits per heavy atom. The molecular formula is C35H48N4O5. The standard InChI is InChI=1S/C35H48N4O5/c1-5-38(6-2)27-18-16-26(17-19-27)37-32(42)30-35-22-24(3)34(4,44-35)28(31(41)36-23-25-14-10-9-11-15-25)29(35)33(43)39(30)20-12-7-8-13-21-40/h9-11,14-19,24,28-30,40H,5-8,12-13,20-23H2,1-4H3,(H,36,41)(H,37,42)/t24?,28-,29+,30?,34+,35?/m1/s1. The van der Waals surface area contributed by atoms with E-state index in [2.05, 4.69) is 36.3 Å². The summed E-state index contributed by atoms with van der Waals surface area (Å²) in [4.78, 5) is 46.4. The summed E-state index contributed by atoms with van der Waals surface area (Å²) in [7, 11) is 0. The summed E-state index contributed by atoms with van der Waals surface area (Å²) in [6.07, 6.45) is 3.62. The summed E-state index contributed by atoms with van der Waals surface area (Å²) in [6, 6.07) is 16.6. The Morgan fingerprint density at radius 1 is 1.00 bits per heavy atom. The molecule has 238 valence electrons. The largest absolute Gasteiger partial charge is 0.396 e. The van der Waals surface area contributed by atoms with Gasteiger partial charge in [0.15, 0.2) is 0 Å². The molecule has 0 saturated carbocycles. The average molecular weight is 605 g/mol. The Hall–Kier alpha value is -3.43. The van der Waals surface area contributed by atoms with Crippen molar-refractivity contribution >= 4 is 29.1 Å². The minimum absolute atomic E-state index is 0.0211. The number of likely N-dealkylation sites (tertiary alicyclic amines) is 1. The molecule has 3 aliphatic heterocycles. The normalized spacial score (nSPS) is 28.7. The van der Waals surface area contributed by atoms with Crippen molar-refractivity contribution in [1.82, 2.24) is 10.2 Å². The first-order valence-electron chi connectivity index (χ1n) is 16.3. The molecule has 3 saturated heterocycles. The number of aliphatic hydroxyl groups excluding tert-OH is 1. The maximum Gasteiger partial charge on any atom is 0.250 e. The highest BCUT2D eigenvalue weighted by Crippen LogP contribution is 2.65. The lowest BCUT2D eigenvalue weighted by Crippen LogP contribution is -2.54. The first kappa shape index (κ1) is 32.0. The van der Waals surface area contributed by atoms with E-state index >= 15 is 0 Å². The zero-order valence-electron chi connectivity index (χ0n) is 26.6. The molecule has 6 atom stereocenters. The molecule has 3 aliphatic rings. The van der Waals surface area contributed by atoms with Gasteiger partial charge in [0, 0.05) is 44.2 Å². The molecule has 2 aromatic rings. The predicted molar refractivity (Wildman–Crippen MR) is 171 cm³/mol. The maximum absolute atomic E-state index is 14.3. The number of hydrogen-bond donors (Lipinski definition) is 3. The van der Waals surface area contributed by atoms with Crippen molar-refractivity contribution in [2.24, 2.45) is 17.8 Å². The summed E-state index contributed by atoms with van der Waals surface area (Å²) >= 11 is 0. The molecule has 44 heavy (non-hydrogen) atoms. The Balaban J connectivity index is 1.42. The van der Waals surface area contributed by atoms with E-state index in [1.807, 2.05) is 61.5 Å². The number of unbranched alkanes of at least 4 members (excludes halogenated alkanes) is 3. The van der Waals surface area contributed by atoms with Crippen LogP contribution < -0.4 is 15.5 Å². The Kier molecular flexibility index (Phi) is 9.65. The van der Waals surface area contributed by atoms with Crippen LogP contribution in [0.15, 0.2) is 54.6 Å². The molecule has 3 amide bonds. The van der Waals surface area contributed by atoms with Gasteiger partial charge in [0.25, 0.3) is 0 Å². The fourth-order valence-corrected chi connectivity index (χ4v) is 7.88. The number of fused-ring (bicyclic) bond motifs is 1. The van der Waals surface area contributed by atoms with Crippen LogP contribution >= 0.6 is 0 Å². The van der Waals surface area contributed by atoms with E-state index in [1.165, 1.54) is 0 Å². The van der Waals surface area contributed by atoms with Crippen LogP contribution in [-0.4, -0.2) is 71.2 Å². The van der Waals surface area contributed by atoms with Gasteiger partial charge in [-0.1, -0.05) is 50.1 Å². The van der Waals surface area contributed by atoms with E-state index in [1.54, 1.807) is 4.90 Å². The van der Waals surface area contributed by atoms with Crippen molar-refractivity contribution in [2.45, 2.75) is 83.6 Å². The van der Waals surface area contributed by atoms with Gasteiger partial charge in [0.1, 0.15) is 11.6 Å². The molecule has 3 heterocycles. The maximum atomic E-state index is 14.3. The van der Waals surface area contributed by atoms with E-state index in [0.29, 0.717) is 38.0 Å². The number of carbonyl (C=O) groups is 3. The van der Waals surface area contributed by atoms with Crippen LogP contribution in [0.4, 0.5) is 11.4 Å². The highest BCUT2D eigenvalue weighted by molar-refractivity contribution is 6.03. The summed E-state index contributed by atoms with van der Waals surface area (Å²) in [5, 5.41) is 15.4. The second-order valence-corrected chi connectivity index (χ2v) is 12.8. The molecule has 1 spiro atoms. The van der Waals surface area contributed by atoms with E-state index in [9.17, 15) is 19.5 Å². The number of nitrogens with one attached hydrogen (secondary N) is 2. The number of aliphatic hydroxyl groups is 1. The van der Waals surface area contributed by atoms with Crippen molar-refractivity contribution in [3.8, 4) is 0 Å². The van der Waals surface area contributed by atoms with Gasteiger partial charge in [-0.15, -0.1) is 0 Å². The highest BCUT2D eigenvalue weighted by atomic mass is 16.5. The molecule has 3 N–H and O–H groups in total. The van der Waals surface area contributed by atoms with Crippen molar-refractivity contribution < 1.29 is 24.2 Å². The minimum atomic E-state index is -1.09. The van der Waals surface area contributed by atoms with Crippen LogP contribution in [0, 0.1) is 17.8 Å². The SMILES string of the molecule is CCN(CC)c1ccc(NC(=O)C2N(CCCCCCO)C(=O)[C@@H]3[C@H](C(=O)NCc4ccccc4)[C@@]4(C)OC23CC4C)cc1. The lowest BCUT2D eigenvalue weighted by molar-refractivity contribution is -0.146. The van der Waals surface area contributed by atoms with Crippen molar-refractivity contribution in [3.63, 3.8) is 0 Å². The van der Waals surface area contributed by atoms with Crippen molar-refractivity contribution in [1.29, 1.82) is 0 Å². The van der Waals surface area contributed by atoms with Gasteiger partial charge in [-0.3, -0.25) is 14.4 Å². The smallest absolute Gasteiger partial charge is 0.250 e. The van der Waals surface area contributed by atoms with E-state index in [4.69, 9.17) is 4.74 Å². The monoisotopic (exact) mass is 604 g/mol. The van der Waals surface area contributed by atoms with Crippen LogP contribution in [0.3, 0.4) is 0 Å². The molecule has 9 heteroatoms. The third-order valence-corrected chi connectivity index (χ3v) is 10.2. The second-order valence-electron chi connectivity index (χ2n) is 12.8. The van der Waals surface area contributed by atoms with Crippen LogP contribution in [-0.2, 0) is 25.7 Å². The molecule has 0 aromatic heterocycles. The third-order valence-electron chi connectivity index (χ3n) is 10.2. The van der Waals surface area contributed by atoms with Crippen LogP contribution in [0.5, 0.6) is 0 Å². The summed E-state index contributed by atoms with van der Waals surface area (Å²) in [6.45, 7) is 10.9. The molecule has 0 aliphatic carbocycles. The Labute approximate surface area is 261 Å². The Bertz CT molecular complexity index is 1320. The lowest BCUT2D eigenvalue weighted by Gasteiger charge is -2.36. The first-order valence-corrected chi connectivity index (χ1v) is 16.3. The van der Waals surface area contributed by atoms with Crippen LogP contribution in [0.1, 0.15) is 65.4 Å². The van der Waals surface area contributed by atoms with Crippen molar-refractivity contribution in [2.75, 3.05) is 36.5 Å². The second kappa shape index (κ2) is 13.3. The predicted octanol–water partition coefficient (Wildman–Crippen LogP) is 4.35. The number of benzene rings is 2. The van der Waals surface area contributed by atoms with Gasteiger partial charge in [-0.05, 0) is 75.8 Å².